The Morgan fingerprint density at radius 3 is 2.52 bits per heavy atom. The van der Waals surface area contributed by atoms with Crippen molar-refractivity contribution in [2.45, 2.75) is 13.5 Å². The van der Waals surface area contributed by atoms with Gasteiger partial charge in [-0.15, -0.1) is 0 Å². The third-order valence-corrected chi connectivity index (χ3v) is 3.89. The van der Waals surface area contributed by atoms with E-state index in [1.807, 2.05) is 55.5 Å². The van der Waals surface area contributed by atoms with E-state index in [0.717, 1.165) is 17.0 Å². The molecule has 3 aromatic rings. The molecule has 1 aromatic heterocycles. The van der Waals surface area contributed by atoms with Crippen molar-refractivity contribution in [3.63, 3.8) is 0 Å². The number of anilines is 1. The summed E-state index contributed by atoms with van der Waals surface area (Å²) in [6.45, 7) is 3.03. The van der Waals surface area contributed by atoms with Gasteiger partial charge in [0, 0.05) is 29.6 Å². The third kappa shape index (κ3) is 4.19. The van der Waals surface area contributed by atoms with Gasteiger partial charge in [-0.05, 0) is 48.9 Å². The molecular weight excluding hydrogens is 338 g/mol. The molecule has 0 amide bonds. The van der Waals surface area contributed by atoms with Crippen molar-refractivity contribution in [3.05, 3.63) is 81.9 Å². The van der Waals surface area contributed by atoms with Gasteiger partial charge in [-0.25, -0.2) is 4.98 Å². The second-order valence-electron chi connectivity index (χ2n) is 5.36. The molecule has 5 nitrogen and oxygen atoms in total. The largest absolute Gasteiger partial charge is 0.494 e. The summed E-state index contributed by atoms with van der Waals surface area (Å²) in [6.07, 6.45) is 3.24. The molecule has 0 unspecified atom stereocenters. The molecular formula is C19H18ClN3O2. The molecule has 0 atom stereocenters. The number of nitrogens with zero attached hydrogens (tertiary/aromatic N) is 2. The Kier molecular flexibility index (Phi) is 5.36. The lowest BCUT2D eigenvalue weighted by Gasteiger charge is -2.10. The van der Waals surface area contributed by atoms with Gasteiger partial charge >= 0.3 is 0 Å². The second-order valence-corrected chi connectivity index (χ2v) is 5.79. The molecule has 128 valence electrons. The molecule has 0 radical (unpaired) electrons. The molecule has 0 bridgehead atoms. The molecule has 6 heteroatoms. The average Bonchev–Trinajstić information content (AvgIpc) is 2.63. The van der Waals surface area contributed by atoms with Crippen LogP contribution in [0, 0.1) is 0 Å². The number of ether oxygens (including phenoxy) is 1. The topological polar surface area (TPSA) is 56.1 Å². The number of benzene rings is 2. The number of aromatic nitrogens is 2. The van der Waals surface area contributed by atoms with Crippen LogP contribution in [0.4, 0.5) is 5.82 Å². The van der Waals surface area contributed by atoms with Gasteiger partial charge < -0.3 is 10.1 Å². The van der Waals surface area contributed by atoms with Crippen LogP contribution >= 0.6 is 11.6 Å². The Morgan fingerprint density at radius 1 is 1.12 bits per heavy atom. The van der Waals surface area contributed by atoms with Crippen LogP contribution < -0.4 is 15.6 Å². The number of nitrogens with one attached hydrogen (secondary N) is 1. The van der Waals surface area contributed by atoms with Crippen LogP contribution in [0.2, 0.25) is 5.02 Å². The highest BCUT2D eigenvalue weighted by Crippen LogP contribution is 2.15. The molecule has 0 aliphatic carbocycles. The monoisotopic (exact) mass is 355 g/mol. The summed E-state index contributed by atoms with van der Waals surface area (Å²) in [7, 11) is 0. The van der Waals surface area contributed by atoms with E-state index in [1.54, 1.807) is 17.0 Å². The lowest BCUT2D eigenvalue weighted by atomic mass is 10.2. The molecule has 2 aromatic carbocycles. The fourth-order valence-corrected chi connectivity index (χ4v) is 2.52. The van der Waals surface area contributed by atoms with E-state index in [-0.39, 0.29) is 5.56 Å². The zero-order valence-corrected chi connectivity index (χ0v) is 14.5. The van der Waals surface area contributed by atoms with Crippen LogP contribution in [0.5, 0.6) is 5.75 Å². The van der Waals surface area contributed by atoms with Crippen molar-refractivity contribution in [1.82, 2.24) is 9.55 Å². The summed E-state index contributed by atoms with van der Waals surface area (Å²) in [6, 6.07) is 14.8. The zero-order chi connectivity index (χ0) is 17.6. The van der Waals surface area contributed by atoms with Crippen LogP contribution in [-0.4, -0.2) is 16.2 Å². The lowest BCUT2D eigenvalue weighted by molar-refractivity contribution is 0.340. The molecule has 0 fully saturated rings. The summed E-state index contributed by atoms with van der Waals surface area (Å²) in [5, 5.41) is 3.76. The maximum Gasteiger partial charge on any atom is 0.297 e. The van der Waals surface area contributed by atoms with Crippen molar-refractivity contribution in [1.29, 1.82) is 0 Å². The van der Waals surface area contributed by atoms with Crippen LogP contribution in [0.1, 0.15) is 12.5 Å². The molecule has 0 aliphatic heterocycles. The van der Waals surface area contributed by atoms with Gasteiger partial charge in [0.2, 0.25) is 0 Å². The smallest absolute Gasteiger partial charge is 0.297 e. The second kappa shape index (κ2) is 7.85. The van der Waals surface area contributed by atoms with Crippen LogP contribution in [0.3, 0.4) is 0 Å². The van der Waals surface area contributed by atoms with Gasteiger partial charge in [0.1, 0.15) is 5.75 Å². The predicted molar refractivity (Wildman–Crippen MR) is 99.8 cm³/mol. The van der Waals surface area contributed by atoms with E-state index in [4.69, 9.17) is 16.3 Å². The van der Waals surface area contributed by atoms with E-state index in [9.17, 15) is 4.79 Å². The fraction of sp³-hybridized carbons (Fsp3) is 0.158. The average molecular weight is 356 g/mol. The predicted octanol–water partition coefficient (Wildman–Crippen LogP) is 3.90. The van der Waals surface area contributed by atoms with Crippen LogP contribution in [-0.2, 0) is 6.54 Å². The van der Waals surface area contributed by atoms with E-state index >= 15 is 0 Å². The summed E-state index contributed by atoms with van der Waals surface area (Å²) < 4.78 is 6.97. The van der Waals surface area contributed by atoms with E-state index < -0.39 is 0 Å². The Labute approximate surface area is 150 Å². The highest BCUT2D eigenvalue weighted by molar-refractivity contribution is 6.30. The maximum absolute atomic E-state index is 12.6. The van der Waals surface area contributed by atoms with Gasteiger partial charge in [0.15, 0.2) is 5.82 Å². The summed E-state index contributed by atoms with van der Waals surface area (Å²) in [5.74, 6) is 1.07. The van der Waals surface area contributed by atoms with Crippen molar-refractivity contribution >= 4 is 17.4 Å². The number of hydrogen-bond donors (Lipinski definition) is 1. The Bertz CT molecular complexity index is 890. The molecule has 0 spiro atoms. The van der Waals surface area contributed by atoms with Gasteiger partial charge in [-0.3, -0.25) is 9.36 Å². The first-order valence-corrected chi connectivity index (χ1v) is 8.34. The van der Waals surface area contributed by atoms with Crippen molar-refractivity contribution in [2.24, 2.45) is 0 Å². The Balaban J connectivity index is 1.79. The van der Waals surface area contributed by atoms with Crippen molar-refractivity contribution < 1.29 is 4.74 Å². The van der Waals surface area contributed by atoms with Gasteiger partial charge in [-0.2, -0.15) is 0 Å². The Hall–Kier alpha value is -2.79. The van der Waals surface area contributed by atoms with E-state index in [1.165, 1.54) is 0 Å². The minimum absolute atomic E-state index is 0.208. The first kappa shape index (κ1) is 17.0. The zero-order valence-electron chi connectivity index (χ0n) is 13.8. The van der Waals surface area contributed by atoms with Gasteiger partial charge in [-0.1, -0.05) is 23.7 Å². The minimum Gasteiger partial charge on any atom is -0.494 e. The number of hydrogen-bond acceptors (Lipinski definition) is 4. The standard InChI is InChI=1S/C19H18ClN3O2/c1-2-25-17-9-7-16(8-10-17)23-12-11-21-18(19(23)24)22-13-14-3-5-15(20)6-4-14/h3-12H,2,13H2,1H3,(H,21,22). The molecule has 0 saturated carbocycles. The fourth-order valence-electron chi connectivity index (χ4n) is 2.39. The minimum atomic E-state index is -0.208. The quantitative estimate of drug-likeness (QED) is 0.728. The normalized spacial score (nSPS) is 10.5. The molecule has 0 aliphatic rings. The summed E-state index contributed by atoms with van der Waals surface area (Å²) in [5.41, 5.74) is 1.56. The first-order valence-electron chi connectivity index (χ1n) is 7.96. The Morgan fingerprint density at radius 2 is 1.84 bits per heavy atom. The SMILES string of the molecule is CCOc1ccc(-n2ccnc(NCc3ccc(Cl)cc3)c2=O)cc1. The van der Waals surface area contributed by atoms with Crippen LogP contribution in [0.15, 0.2) is 65.7 Å². The van der Waals surface area contributed by atoms with E-state index in [2.05, 4.69) is 10.3 Å². The van der Waals surface area contributed by atoms with E-state index in [0.29, 0.717) is 24.0 Å². The van der Waals surface area contributed by atoms with Gasteiger partial charge in [0.25, 0.3) is 5.56 Å². The van der Waals surface area contributed by atoms with Crippen molar-refractivity contribution in [2.75, 3.05) is 11.9 Å². The van der Waals surface area contributed by atoms with Gasteiger partial charge in [0.05, 0.1) is 6.61 Å². The molecule has 3 rings (SSSR count). The molecule has 1 N–H and O–H groups in total. The third-order valence-electron chi connectivity index (χ3n) is 3.64. The highest BCUT2D eigenvalue weighted by Gasteiger charge is 2.07. The lowest BCUT2D eigenvalue weighted by Crippen LogP contribution is -2.23. The molecule has 1 heterocycles. The van der Waals surface area contributed by atoms with Crippen LogP contribution in [0.25, 0.3) is 5.69 Å². The first-order chi connectivity index (χ1) is 12.2. The number of halogens is 1. The highest BCUT2D eigenvalue weighted by atomic mass is 35.5. The number of rotatable bonds is 6. The summed E-state index contributed by atoms with van der Waals surface area (Å²) >= 11 is 5.88. The maximum atomic E-state index is 12.6. The summed E-state index contributed by atoms with van der Waals surface area (Å²) in [4.78, 5) is 16.8. The molecule has 25 heavy (non-hydrogen) atoms. The van der Waals surface area contributed by atoms with Crippen molar-refractivity contribution in [3.8, 4) is 11.4 Å². The molecule has 0 saturated heterocycles.